The molecule has 0 spiro atoms. The number of amides is 2. The fourth-order valence-corrected chi connectivity index (χ4v) is 4.56. The van der Waals surface area contributed by atoms with Gasteiger partial charge in [0.2, 0.25) is 11.8 Å². The van der Waals surface area contributed by atoms with E-state index in [9.17, 15) is 9.59 Å². The van der Waals surface area contributed by atoms with Gasteiger partial charge in [0.15, 0.2) is 0 Å². The first-order chi connectivity index (χ1) is 12.7. The molecule has 2 N–H and O–H groups in total. The van der Waals surface area contributed by atoms with Crippen LogP contribution in [0.25, 0.3) is 10.2 Å². The van der Waals surface area contributed by atoms with Crippen molar-refractivity contribution in [2.45, 2.75) is 31.6 Å². The minimum absolute atomic E-state index is 0.0549. The fraction of sp³-hybridized carbons (Fsp3) is 0.450. The van der Waals surface area contributed by atoms with Crippen molar-refractivity contribution in [3.63, 3.8) is 0 Å². The van der Waals surface area contributed by atoms with E-state index in [0.29, 0.717) is 13.1 Å². The van der Waals surface area contributed by atoms with Crippen LogP contribution in [0.1, 0.15) is 36.6 Å². The van der Waals surface area contributed by atoms with Gasteiger partial charge in [-0.3, -0.25) is 9.59 Å². The molecule has 0 saturated heterocycles. The Morgan fingerprint density at radius 3 is 2.54 bits per heavy atom. The van der Waals surface area contributed by atoms with Crippen molar-refractivity contribution in [3.05, 3.63) is 41.4 Å². The molecule has 5 nitrogen and oxygen atoms in total. The Hall–Kier alpha value is -2.21. The first-order valence-corrected chi connectivity index (χ1v) is 10.1. The van der Waals surface area contributed by atoms with Crippen molar-refractivity contribution in [2.24, 2.45) is 11.8 Å². The Morgan fingerprint density at radius 1 is 1.04 bits per heavy atom. The van der Waals surface area contributed by atoms with Crippen molar-refractivity contribution < 1.29 is 9.59 Å². The number of fused-ring (bicyclic) bond motifs is 1. The van der Waals surface area contributed by atoms with E-state index < -0.39 is 0 Å². The van der Waals surface area contributed by atoms with E-state index in [1.54, 1.807) is 11.3 Å². The zero-order valence-corrected chi connectivity index (χ0v) is 15.4. The molecule has 4 rings (SSSR count). The molecule has 2 amide bonds. The molecule has 0 aliphatic heterocycles. The molecule has 6 heteroatoms. The summed E-state index contributed by atoms with van der Waals surface area (Å²) in [6.07, 6.45) is 7.81. The molecule has 0 bridgehead atoms. The third-order valence-corrected chi connectivity index (χ3v) is 6.24. The number of hydrogen-bond acceptors (Lipinski definition) is 4. The van der Waals surface area contributed by atoms with Gasteiger partial charge in [-0.25, -0.2) is 4.98 Å². The van der Waals surface area contributed by atoms with Crippen LogP contribution in [-0.4, -0.2) is 29.9 Å². The maximum absolute atomic E-state index is 12.7. The first-order valence-electron chi connectivity index (χ1n) is 9.28. The number of hydrogen-bond donors (Lipinski definition) is 2. The average Bonchev–Trinajstić information content (AvgIpc) is 3.43. The predicted molar refractivity (Wildman–Crippen MR) is 103 cm³/mol. The van der Waals surface area contributed by atoms with Crippen LogP contribution in [-0.2, 0) is 9.59 Å². The summed E-state index contributed by atoms with van der Waals surface area (Å²) in [7, 11) is 0. The summed E-state index contributed by atoms with van der Waals surface area (Å²) < 4.78 is 1.17. The molecule has 1 aromatic heterocycles. The number of carbonyl (C=O) groups is 2. The monoisotopic (exact) mass is 369 g/mol. The van der Waals surface area contributed by atoms with E-state index >= 15 is 0 Å². The molecule has 1 fully saturated rings. The van der Waals surface area contributed by atoms with Crippen LogP contribution in [0, 0.1) is 11.8 Å². The highest BCUT2D eigenvalue weighted by Crippen LogP contribution is 2.38. The zero-order chi connectivity index (χ0) is 17.9. The SMILES string of the molecule is O=C(NCCNC(=O)[C@@H]1CC=CC[C@@H]1c1nc2ccccc2s1)C1CC1. The molecule has 0 radical (unpaired) electrons. The van der Waals surface area contributed by atoms with E-state index in [4.69, 9.17) is 4.98 Å². The third kappa shape index (κ3) is 3.80. The maximum Gasteiger partial charge on any atom is 0.224 e. The minimum Gasteiger partial charge on any atom is -0.354 e. The molecular weight excluding hydrogens is 346 g/mol. The molecule has 1 aromatic carbocycles. The summed E-state index contributed by atoms with van der Waals surface area (Å²) in [4.78, 5) is 29.1. The van der Waals surface area contributed by atoms with Gasteiger partial charge in [0, 0.05) is 24.9 Å². The summed E-state index contributed by atoms with van der Waals surface area (Å²) in [6, 6.07) is 8.11. The van der Waals surface area contributed by atoms with E-state index in [1.165, 1.54) is 4.70 Å². The minimum atomic E-state index is -0.0975. The number of rotatable bonds is 6. The second kappa shape index (κ2) is 7.58. The highest BCUT2D eigenvalue weighted by atomic mass is 32.1. The predicted octanol–water partition coefficient (Wildman–Crippen LogP) is 2.99. The fourth-order valence-electron chi connectivity index (χ4n) is 3.42. The van der Waals surface area contributed by atoms with Crippen molar-refractivity contribution in [1.29, 1.82) is 0 Å². The average molecular weight is 369 g/mol. The van der Waals surface area contributed by atoms with Crippen LogP contribution in [0.4, 0.5) is 0 Å². The Morgan fingerprint density at radius 2 is 1.77 bits per heavy atom. The summed E-state index contributed by atoms with van der Waals surface area (Å²) >= 11 is 1.69. The molecule has 1 heterocycles. The maximum atomic E-state index is 12.7. The summed E-state index contributed by atoms with van der Waals surface area (Å²) in [5.74, 6) is 0.405. The van der Waals surface area contributed by atoms with Gasteiger partial charge in [0.25, 0.3) is 0 Å². The van der Waals surface area contributed by atoms with Gasteiger partial charge in [-0.15, -0.1) is 11.3 Å². The summed E-state index contributed by atoms with van der Waals surface area (Å²) in [5.41, 5.74) is 1.00. The molecule has 0 unspecified atom stereocenters. The first kappa shape index (κ1) is 17.2. The van der Waals surface area contributed by atoms with Crippen molar-refractivity contribution in [3.8, 4) is 0 Å². The van der Waals surface area contributed by atoms with Gasteiger partial charge in [0.05, 0.1) is 21.1 Å². The topological polar surface area (TPSA) is 71.1 Å². The lowest BCUT2D eigenvalue weighted by molar-refractivity contribution is -0.126. The zero-order valence-electron chi connectivity index (χ0n) is 14.6. The smallest absolute Gasteiger partial charge is 0.224 e. The summed E-state index contributed by atoms with van der Waals surface area (Å²) in [5, 5.41) is 6.92. The van der Waals surface area contributed by atoms with Gasteiger partial charge >= 0.3 is 0 Å². The normalized spacial score (nSPS) is 22.3. The molecule has 1 saturated carbocycles. The number of nitrogens with one attached hydrogen (secondary N) is 2. The number of carbonyl (C=O) groups excluding carboxylic acids is 2. The highest BCUT2D eigenvalue weighted by Gasteiger charge is 2.32. The van der Waals surface area contributed by atoms with Gasteiger partial charge in [-0.05, 0) is 37.8 Å². The van der Waals surface area contributed by atoms with Crippen LogP contribution in [0.15, 0.2) is 36.4 Å². The number of thiazole rings is 1. The van der Waals surface area contributed by atoms with Crippen molar-refractivity contribution >= 4 is 33.4 Å². The lowest BCUT2D eigenvalue weighted by atomic mass is 9.82. The quantitative estimate of drug-likeness (QED) is 0.607. The number of benzene rings is 1. The second-order valence-corrected chi connectivity index (χ2v) is 8.09. The number of para-hydroxylation sites is 1. The van der Waals surface area contributed by atoms with Gasteiger partial charge in [0.1, 0.15) is 0 Å². The van der Waals surface area contributed by atoms with E-state index in [2.05, 4.69) is 28.9 Å². The Kier molecular flexibility index (Phi) is 5.02. The molecule has 2 aliphatic carbocycles. The van der Waals surface area contributed by atoms with Gasteiger partial charge in [-0.2, -0.15) is 0 Å². The summed E-state index contributed by atoms with van der Waals surface area (Å²) in [6.45, 7) is 0.972. The molecule has 2 aliphatic rings. The third-order valence-electron chi connectivity index (χ3n) is 5.07. The number of allylic oxidation sites excluding steroid dienone is 2. The second-order valence-electron chi connectivity index (χ2n) is 7.03. The molecule has 2 atom stereocenters. The molecule has 2 aromatic rings. The lowest BCUT2D eigenvalue weighted by Gasteiger charge is -2.26. The standard InChI is InChI=1S/C20H23N3O2S/c24-18(13-9-10-13)21-11-12-22-19(25)14-5-1-2-6-15(14)20-23-16-7-3-4-8-17(16)26-20/h1-4,7-8,13-15H,5-6,9-12H2,(H,21,24)(H,22,25)/t14-,15+/m1/s1. The lowest BCUT2D eigenvalue weighted by Crippen LogP contribution is -2.39. The Bertz CT molecular complexity index is 807. The van der Waals surface area contributed by atoms with Crippen LogP contribution in [0.2, 0.25) is 0 Å². The van der Waals surface area contributed by atoms with E-state index in [0.717, 1.165) is 36.2 Å². The van der Waals surface area contributed by atoms with Crippen LogP contribution >= 0.6 is 11.3 Å². The van der Waals surface area contributed by atoms with Crippen molar-refractivity contribution in [1.82, 2.24) is 15.6 Å². The highest BCUT2D eigenvalue weighted by molar-refractivity contribution is 7.18. The largest absolute Gasteiger partial charge is 0.354 e. The molecule has 26 heavy (non-hydrogen) atoms. The number of nitrogens with zero attached hydrogens (tertiary/aromatic N) is 1. The van der Waals surface area contributed by atoms with Crippen LogP contribution < -0.4 is 10.6 Å². The molecular formula is C20H23N3O2S. The van der Waals surface area contributed by atoms with Gasteiger partial charge < -0.3 is 10.6 Å². The van der Waals surface area contributed by atoms with E-state index in [-0.39, 0.29) is 29.6 Å². The molecule has 136 valence electrons. The Balaban J connectivity index is 1.37. The number of aromatic nitrogens is 1. The van der Waals surface area contributed by atoms with Crippen LogP contribution in [0.3, 0.4) is 0 Å². The van der Waals surface area contributed by atoms with Gasteiger partial charge in [-0.1, -0.05) is 24.3 Å². The van der Waals surface area contributed by atoms with E-state index in [1.807, 2.05) is 18.2 Å². The van der Waals surface area contributed by atoms with Crippen LogP contribution in [0.5, 0.6) is 0 Å². The Labute approximate surface area is 156 Å². The van der Waals surface area contributed by atoms with Crippen molar-refractivity contribution in [2.75, 3.05) is 13.1 Å².